The summed E-state index contributed by atoms with van der Waals surface area (Å²) in [6, 6.07) is 1.07. The molecule has 0 aliphatic carbocycles. The van der Waals surface area contributed by atoms with Gasteiger partial charge in [0.2, 0.25) is 5.91 Å². The fourth-order valence-electron chi connectivity index (χ4n) is 0.928. The van der Waals surface area contributed by atoms with E-state index in [-0.39, 0.29) is 6.54 Å². The molecule has 0 spiro atoms. The zero-order valence-corrected chi connectivity index (χ0v) is 9.67. The molecule has 1 aromatic heterocycles. The van der Waals surface area contributed by atoms with E-state index in [1.165, 1.54) is 6.92 Å². The summed E-state index contributed by atoms with van der Waals surface area (Å²) in [6.45, 7) is 3.41. The van der Waals surface area contributed by atoms with Gasteiger partial charge in [-0.1, -0.05) is 5.16 Å². The Kier molecular flexibility index (Phi) is 4.30. The second-order valence-corrected chi connectivity index (χ2v) is 3.87. The van der Waals surface area contributed by atoms with Crippen molar-refractivity contribution in [2.75, 3.05) is 0 Å². The maximum Gasteiger partial charge on any atom is 0.321 e. The highest BCUT2D eigenvalue weighted by Crippen LogP contribution is 2.00. The van der Waals surface area contributed by atoms with Gasteiger partial charge in [0, 0.05) is 6.07 Å². The normalized spacial score (nSPS) is 11.9. The van der Waals surface area contributed by atoms with Gasteiger partial charge in [0.05, 0.1) is 6.54 Å². The fourth-order valence-corrected chi connectivity index (χ4v) is 0.982. The molecule has 0 radical (unpaired) electrons. The summed E-state index contributed by atoms with van der Waals surface area (Å²) in [7, 11) is 0. The number of amides is 3. The molecular weight excluding hydrogens is 234 g/mol. The quantitative estimate of drug-likeness (QED) is 0.776. The first-order chi connectivity index (χ1) is 7.49. The van der Waals surface area contributed by atoms with Crippen molar-refractivity contribution in [1.29, 1.82) is 0 Å². The Hall–Kier alpha value is -1.56. The predicted molar refractivity (Wildman–Crippen MR) is 56.9 cm³/mol. The molecule has 0 aliphatic rings. The molecule has 16 heavy (non-hydrogen) atoms. The first kappa shape index (κ1) is 12.5. The number of rotatable bonds is 3. The van der Waals surface area contributed by atoms with Gasteiger partial charge in [-0.05, 0) is 13.8 Å². The number of carbonyl (C=O) groups excluding carboxylic acids is 2. The Morgan fingerprint density at radius 3 is 2.81 bits per heavy atom. The molecule has 2 N–H and O–H groups in total. The Bertz CT molecular complexity index is 389. The molecule has 0 saturated carbocycles. The summed E-state index contributed by atoms with van der Waals surface area (Å²) in [5, 5.41) is 7.45. The molecule has 0 fully saturated rings. The molecule has 1 rings (SSSR count). The maximum absolute atomic E-state index is 11.2. The van der Waals surface area contributed by atoms with Gasteiger partial charge in [-0.15, -0.1) is 11.6 Å². The van der Waals surface area contributed by atoms with E-state index in [0.717, 1.165) is 0 Å². The van der Waals surface area contributed by atoms with Gasteiger partial charge in [-0.3, -0.25) is 10.1 Å². The largest absolute Gasteiger partial charge is 0.361 e. The number of nitrogens with zero attached hydrogens (tertiary/aromatic N) is 1. The van der Waals surface area contributed by atoms with Crippen LogP contribution in [0.3, 0.4) is 0 Å². The van der Waals surface area contributed by atoms with Crippen LogP contribution in [0.15, 0.2) is 10.6 Å². The molecule has 0 saturated heterocycles. The van der Waals surface area contributed by atoms with E-state index in [9.17, 15) is 9.59 Å². The van der Waals surface area contributed by atoms with Gasteiger partial charge in [-0.2, -0.15) is 0 Å². The molecule has 1 atom stereocenters. The van der Waals surface area contributed by atoms with Crippen molar-refractivity contribution in [1.82, 2.24) is 15.8 Å². The van der Waals surface area contributed by atoms with Gasteiger partial charge in [0.1, 0.15) is 16.8 Å². The van der Waals surface area contributed by atoms with Crippen molar-refractivity contribution in [3.05, 3.63) is 17.5 Å². The molecule has 0 aliphatic heterocycles. The first-order valence-electron chi connectivity index (χ1n) is 4.64. The van der Waals surface area contributed by atoms with Gasteiger partial charge in [0.15, 0.2) is 0 Å². The Morgan fingerprint density at radius 1 is 1.62 bits per heavy atom. The van der Waals surface area contributed by atoms with Crippen molar-refractivity contribution < 1.29 is 14.1 Å². The zero-order chi connectivity index (χ0) is 12.1. The molecule has 7 heteroatoms. The number of carbonyl (C=O) groups is 2. The lowest BCUT2D eigenvalue weighted by Crippen LogP contribution is -2.41. The third-order valence-corrected chi connectivity index (χ3v) is 1.90. The third-order valence-electron chi connectivity index (χ3n) is 1.70. The average molecular weight is 246 g/mol. The van der Waals surface area contributed by atoms with E-state index in [1.807, 2.05) is 0 Å². The van der Waals surface area contributed by atoms with Gasteiger partial charge in [0.25, 0.3) is 0 Å². The van der Waals surface area contributed by atoms with E-state index in [1.54, 1.807) is 13.0 Å². The first-order valence-corrected chi connectivity index (χ1v) is 5.07. The van der Waals surface area contributed by atoms with E-state index in [4.69, 9.17) is 16.1 Å². The highest BCUT2D eigenvalue weighted by Gasteiger charge is 2.12. The fraction of sp³-hybridized carbons (Fsp3) is 0.444. The second-order valence-electron chi connectivity index (χ2n) is 3.22. The summed E-state index contributed by atoms with van der Waals surface area (Å²) >= 11 is 5.47. The number of urea groups is 1. The highest BCUT2D eigenvalue weighted by molar-refractivity contribution is 6.31. The topological polar surface area (TPSA) is 84.2 Å². The van der Waals surface area contributed by atoms with Crippen LogP contribution in [0.1, 0.15) is 18.4 Å². The van der Waals surface area contributed by atoms with E-state index in [0.29, 0.717) is 11.5 Å². The maximum atomic E-state index is 11.2. The standard InChI is InChI=1S/C9H12ClN3O3/c1-5-3-7(13-16-5)4-11-9(15)12-8(14)6(2)10/h3,6H,4H2,1-2H3,(H2,11,12,14,15). The summed E-state index contributed by atoms with van der Waals surface area (Å²) in [5.74, 6) is 0.109. The van der Waals surface area contributed by atoms with Crippen LogP contribution in [0.4, 0.5) is 4.79 Å². The summed E-state index contributed by atoms with van der Waals surface area (Å²) in [4.78, 5) is 22.2. The van der Waals surface area contributed by atoms with Crippen molar-refractivity contribution in [3.8, 4) is 0 Å². The average Bonchev–Trinajstić information content (AvgIpc) is 2.61. The van der Waals surface area contributed by atoms with Crippen LogP contribution in [-0.4, -0.2) is 22.5 Å². The molecule has 6 nitrogen and oxygen atoms in total. The molecule has 3 amide bonds. The van der Waals surface area contributed by atoms with Crippen LogP contribution >= 0.6 is 11.6 Å². The number of alkyl halides is 1. The lowest BCUT2D eigenvalue weighted by molar-refractivity contribution is -0.119. The number of halogens is 1. The zero-order valence-electron chi connectivity index (χ0n) is 8.91. The smallest absolute Gasteiger partial charge is 0.321 e. The van der Waals surface area contributed by atoms with Crippen molar-refractivity contribution in [2.24, 2.45) is 0 Å². The molecule has 0 aromatic carbocycles. The van der Waals surface area contributed by atoms with Gasteiger partial charge >= 0.3 is 6.03 Å². The number of nitrogens with one attached hydrogen (secondary N) is 2. The van der Waals surface area contributed by atoms with Crippen LogP contribution in [-0.2, 0) is 11.3 Å². The number of imide groups is 1. The minimum absolute atomic E-state index is 0.188. The van der Waals surface area contributed by atoms with Crippen LogP contribution in [0, 0.1) is 6.92 Å². The van der Waals surface area contributed by atoms with Crippen LogP contribution in [0.2, 0.25) is 0 Å². The third kappa shape index (κ3) is 3.90. The second kappa shape index (κ2) is 5.50. The molecule has 1 aromatic rings. The lowest BCUT2D eigenvalue weighted by atomic mass is 10.4. The SMILES string of the molecule is Cc1cc(CNC(=O)NC(=O)C(C)Cl)no1. The molecule has 1 unspecified atom stereocenters. The number of aromatic nitrogens is 1. The van der Waals surface area contributed by atoms with Crippen molar-refractivity contribution in [2.45, 2.75) is 25.8 Å². The molecule has 0 bridgehead atoms. The van der Waals surface area contributed by atoms with Gasteiger partial charge < -0.3 is 9.84 Å². The Labute approximate surface area is 97.3 Å². The minimum atomic E-state index is -0.750. The number of aryl methyl sites for hydroxylation is 1. The van der Waals surface area contributed by atoms with Crippen molar-refractivity contribution >= 4 is 23.5 Å². The molecular formula is C9H12ClN3O3. The van der Waals surface area contributed by atoms with E-state index in [2.05, 4.69) is 15.8 Å². The number of hydrogen-bond donors (Lipinski definition) is 2. The number of hydrogen-bond acceptors (Lipinski definition) is 4. The van der Waals surface area contributed by atoms with Crippen LogP contribution in [0.25, 0.3) is 0 Å². The van der Waals surface area contributed by atoms with E-state index < -0.39 is 17.3 Å². The minimum Gasteiger partial charge on any atom is -0.361 e. The highest BCUT2D eigenvalue weighted by atomic mass is 35.5. The monoisotopic (exact) mass is 245 g/mol. The Morgan fingerprint density at radius 2 is 2.31 bits per heavy atom. The summed E-state index contributed by atoms with van der Waals surface area (Å²) in [5.41, 5.74) is 0.582. The molecule has 1 heterocycles. The van der Waals surface area contributed by atoms with Crippen LogP contribution < -0.4 is 10.6 Å². The Balaban J connectivity index is 2.33. The predicted octanol–water partition coefficient (Wildman–Crippen LogP) is 0.936. The van der Waals surface area contributed by atoms with Crippen LogP contribution in [0.5, 0.6) is 0 Å². The summed E-state index contributed by atoms with van der Waals surface area (Å²) < 4.78 is 4.81. The summed E-state index contributed by atoms with van der Waals surface area (Å²) in [6.07, 6.45) is 0. The lowest BCUT2D eigenvalue weighted by Gasteiger charge is -2.05. The van der Waals surface area contributed by atoms with Crippen molar-refractivity contribution in [3.63, 3.8) is 0 Å². The van der Waals surface area contributed by atoms with E-state index >= 15 is 0 Å². The molecule has 88 valence electrons. The van der Waals surface area contributed by atoms with Gasteiger partial charge in [-0.25, -0.2) is 4.79 Å².